The summed E-state index contributed by atoms with van der Waals surface area (Å²) in [5.41, 5.74) is 3.85. The maximum atomic E-state index is 12.9. The highest BCUT2D eigenvalue weighted by molar-refractivity contribution is 6.00. The molecule has 47 heavy (non-hydrogen) atoms. The molecule has 0 radical (unpaired) electrons. The zero-order valence-electron chi connectivity index (χ0n) is 25.4. The topological polar surface area (TPSA) is 130 Å². The van der Waals surface area contributed by atoms with Gasteiger partial charge in [-0.3, -0.25) is 4.79 Å². The van der Waals surface area contributed by atoms with Crippen molar-refractivity contribution < 1.29 is 32.2 Å². The lowest BCUT2D eigenvalue weighted by Gasteiger charge is -2.32. The van der Waals surface area contributed by atoms with E-state index in [1.807, 2.05) is 36.1 Å². The number of nitrogens with zero attached hydrogens (tertiary/aromatic N) is 3. The van der Waals surface area contributed by atoms with E-state index in [4.69, 9.17) is 4.74 Å². The first kappa shape index (κ1) is 31.6. The molecule has 6 rings (SSSR count). The Bertz CT molecular complexity index is 1740. The molecule has 244 valence electrons. The van der Waals surface area contributed by atoms with E-state index in [1.54, 1.807) is 30.5 Å². The number of carbonyl (C=O) groups excluding carboxylic acids is 2. The summed E-state index contributed by atoms with van der Waals surface area (Å²) in [5, 5.41) is 11.7. The molecule has 0 atom stereocenters. The highest BCUT2D eigenvalue weighted by atomic mass is 19.4. The average Bonchev–Trinajstić information content (AvgIpc) is 3.35. The van der Waals surface area contributed by atoms with Gasteiger partial charge in [0.05, 0.1) is 0 Å². The number of ether oxygens (including phenoxy) is 2. The Hall–Kier alpha value is -5.37. The molecule has 0 bridgehead atoms. The molecule has 3 aromatic carbocycles. The second-order valence-electron chi connectivity index (χ2n) is 11.5. The Kier molecular flexibility index (Phi) is 8.85. The van der Waals surface area contributed by atoms with Crippen molar-refractivity contribution in [3.8, 4) is 5.75 Å². The predicted octanol–water partition coefficient (Wildman–Crippen LogP) is 7.35. The third-order valence-electron chi connectivity index (χ3n) is 8.01. The van der Waals surface area contributed by atoms with Gasteiger partial charge in [0.15, 0.2) is 0 Å². The number of rotatable bonds is 8. The number of amides is 3. The molecule has 1 spiro atoms. The zero-order chi connectivity index (χ0) is 33.0. The smallest absolute Gasteiger partial charge is 0.406 e. The normalized spacial score (nSPS) is 15.7. The summed E-state index contributed by atoms with van der Waals surface area (Å²) in [6, 6.07) is 18.8. The van der Waals surface area contributed by atoms with E-state index in [1.165, 1.54) is 12.1 Å². The third kappa shape index (κ3) is 8.08. The monoisotopic (exact) mass is 647 g/mol. The number of hydrogen-bond acceptors (Lipinski definition) is 8. The Morgan fingerprint density at radius 1 is 0.915 bits per heavy atom. The number of benzene rings is 3. The molecule has 4 aromatic rings. The maximum Gasteiger partial charge on any atom is 0.573 e. The number of nitrogens with one attached hydrogen (secondary N) is 4. The Balaban J connectivity index is 1.05. The van der Waals surface area contributed by atoms with Gasteiger partial charge in [0.1, 0.15) is 11.6 Å². The average molecular weight is 648 g/mol. The van der Waals surface area contributed by atoms with E-state index in [-0.39, 0.29) is 17.1 Å². The number of hydrogen-bond donors (Lipinski definition) is 4. The van der Waals surface area contributed by atoms with Gasteiger partial charge in [-0.25, -0.2) is 9.78 Å². The molecule has 2 aliphatic rings. The van der Waals surface area contributed by atoms with Gasteiger partial charge >= 0.3 is 12.4 Å². The molecule has 2 aliphatic heterocycles. The standard InChI is InChI=1S/C33H32F3N7O4/c1-21-19-37-30(39-25-3-2-4-26(17-25)43-20-32(18-28(43)44)13-15-46-16-14-32)42-29(21)38-22-5-7-23(8-6-22)40-31(45)41-24-9-11-27(12-10-24)47-33(34,35)36/h2-12,17,19H,13-16,18,20H2,1H3,(H2,40,41,45)(H2,37,38,39,42). The van der Waals surface area contributed by atoms with Crippen LogP contribution in [0.2, 0.25) is 0 Å². The largest absolute Gasteiger partial charge is 0.573 e. The van der Waals surface area contributed by atoms with Crippen LogP contribution < -0.4 is 30.9 Å². The molecule has 2 fully saturated rings. The van der Waals surface area contributed by atoms with E-state index in [9.17, 15) is 22.8 Å². The first-order valence-corrected chi connectivity index (χ1v) is 14.9. The minimum atomic E-state index is -4.79. The molecule has 2 saturated heterocycles. The number of alkyl halides is 3. The fourth-order valence-corrected chi connectivity index (χ4v) is 5.59. The van der Waals surface area contributed by atoms with E-state index in [0.717, 1.165) is 41.9 Å². The molecule has 0 unspecified atom stereocenters. The van der Waals surface area contributed by atoms with E-state index < -0.39 is 12.4 Å². The molecule has 3 amide bonds. The van der Waals surface area contributed by atoms with Gasteiger partial charge in [-0.15, -0.1) is 13.2 Å². The second kappa shape index (κ2) is 13.2. The molecular formula is C33H32F3N7O4. The fraction of sp³-hybridized carbons (Fsp3) is 0.273. The van der Waals surface area contributed by atoms with Crippen LogP contribution in [-0.4, -0.2) is 48.0 Å². The van der Waals surface area contributed by atoms with Gasteiger partial charge in [-0.2, -0.15) is 4.98 Å². The van der Waals surface area contributed by atoms with Gasteiger partial charge < -0.3 is 35.6 Å². The molecule has 11 nitrogen and oxygen atoms in total. The van der Waals surface area contributed by atoms with Gasteiger partial charge in [0.25, 0.3) is 0 Å². The van der Waals surface area contributed by atoms with E-state index in [2.05, 4.69) is 36.0 Å². The highest BCUT2D eigenvalue weighted by Gasteiger charge is 2.44. The summed E-state index contributed by atoms with van der Waals surface area (Å²) < 4.78 is 46.4. The van der Waals surface area contributed by atoms with Crippen LogP contribution in [0.5, 0.6) is 5.75 Å². The first-order valence-electron chi connectivity index (χ1n) is 14.9. The van der Waals surface area contributed by atoms with Crippen LogP contribution in [0.1, 0.15) is 24.8 Å². The van der Waals surface area contributed by atoms with Gasteiger partial charge in [-0.1, -0.05) is 6.07 Å². The minimum absolute atomic E-state index is 0.0198. The lowest BCUT2D eigenvalue weighted by atomic mass is 9.79. The van der Waals surface area contributed by atoms with Crippen molar-refractivity contribution in [3.05, 3.63) is 84.6 Å². The fourth-order valence-electron chi connectivity index (χ4n) is 5.59. The molecule has 1 aromatic heterocycles. The van der Waals surface area contributed by atoms with Gasteiger partial charge in [0.2, 0.25) is 11.9 Å². The van der Waals surface area contributed by atoms with Crippen molar-refractivity contribution in [2.24, 2.45) is 5.41 Å². The summed E-state index contributed by atoms with van der Waals surface area (Å²) in [6.45, 7) is 3.94. The van der Waals surface area contributed by atoms with Crippen LogP contribution >= 0.6 is 0 Å². The van der Waals surface area contributed by atoms with Crippen molar-refractivity contribution in [2.75, 3.05) is 45.9 Å². The molecule has 0 saturated carbocycles. The second-order valence-corrected chi connectivity index (χ2v) is 11.5. The maximum absolute atomic E-state index is 12.9. The van der Waals surface area contributed by atoms with Gasteiger partial charge in [-0.05, 0) is 86.5 Å². The van der Waals surface area contributed by atoms with E-state index >= 15 is 0 Å². The van der Waals surface area contributed by atoms with Crippen LogP contribution in [0, 0.1) is 12.3 Å². The number of halogens is 3. The van der Waals surface area contributed by atoms with Crippen molar-refractivity contribution in [1.29, 1.82) is 0 Å². The lowest BCUT2D eigenvalue weighted by Crippen LogP contribution is -2.33. The Morgan fingerprint density at radius 3 is 2.26 bits per heavy atom. The van der Waals surface area contributed by atoms with Crippen molar-refractivity contribution in [1.82, 2.24) is 9.97 Å². The first-order chi connectivity index (χ1) is 22.5. The van der Waals surface area contributed by atoms with Crippen molar-refractivity contribution in [3.63, 3.8) is 0 Å². The molecular weight excluding hydrogens is 615 g/mol. The Morgan fingerprint density at radius 2 is 1.57 bits per heavy atom. The lowest BCUT2D eigenvalue weighted by molar-refractivity contribution is -0.274. The van der Waals surface area contributed by atoms with E-state index in [0.29, 0.717) is 55.0 Å². The number of anilines is 7. The summed E-state index contributed by atoms with van der Waals surface area (Å²) in [7, 11) is 0. The SMILES string of the molecule is Cc1cnc(Nc2cccc(N3CC4(CCOCC4)CC3=O)c2)nc1Nc1ccc(NC(=O)Nc2ccc(OC(F)(F)F)cc2)cc1. The van der Waals surface area contributed by atoms with Crippen LogP contribution in [0.25, 0.3) is 0 Å². The van der Waals surface area contributed by atoms with Crippen LogP contribution in [0.4, 0.5) is 58.2 Å². The number of aromatic nitrogens is 2. The molecule has 0 aliphatic carbocycles. The summed E-state index contributed by atoms with van der Waals surface area (Å²) in [6.07, 6.45) is -0.783. The number of aryl methyl sites for hydroxylation is 1. The molecule has 4 N–H and O–H groups in total. The van der Waals surface area contributed by atoms with Crippen LogP contribution in [0.3, 0.4) is 0 Å². The third-order valence-corrected chi connectivity index (χ3v) is 8.01. The highest BCUT2D eigenvalue weighted by Crippen LogP contribution is 2.42. The van der Waals surface area contributed by atoms with Crippen molar-refractivity contribution in [2.45, 2.75) is 32.5 Å². The number of urea groups is 1. The molecule has 3 heterocycles. The van der Waals surface area contributed by atoms with Crippen LogP contribution in [0.15, 0.2) is 79.0 Å². The number of carbonyl (C=O) groups is 2. The van der Waals surface area contributed by atoms with Gasteiger partial charge in [0, 0.05) is 71.8 Å². The quantitative estimate of drug-likeness (QED) is 0.156. The van der Waals surface area contributed by atoms with Crippen molar-refractivity contribution >= 4 is 52.1 Å². The molecule has 14 heteroatoms. The predicted molar refractivity (Wildman–Crippen MR) is 171 cm³/mol. The Labute approximate surface area is 268 Å². The summed E-state index contributed by atoms with van der Waals surface area (Å²) in [5.74, 6) is 0.682. The van der Waals surface area contributed by atoms with Crippen LogP contribution in [-0.2, 0) is 9.53 Å². The summed E-state index contributed by atoms with van der Waals surface area (Å²) in [4.78, 5) is 36.2. The summed E-state index contributed by atoms with van der Waals surface area (Å²) >= 11 is 0. The minimum Gasteiger partial charge on any atom is -0.406 e. The zero-order valence-corrected chi connectivity index (χ0v) is 25.4.